The first-order valence-electron chi connectivity index (χ1n) is 9.26. The zero-order valence-corrected chi connectivity index (χ0v) is 21.6. The van der Waals surface area contributed by atoms with Gasteiger partial charge in [-0.25, -0.2) is 0 Å². The van der Waals surface area contributed by atoms with Crippen molar-refractivity contribution in [1.29, 1.82) is 0 Å². The molecule has 36 heavy (non-hydrogen) atoms. The Kier molecular flexibility index (Phi) is 11.1. The molecule has 0 radical (unpaired) electrons. The van der Waals surface area contributed by atoms with Crippen molar-refractivity contribution in [1.82, 2.24) is 0 Å². The minimum atomic E-state index is -6.45. The average Bonchev–Trinajstić information content (AvgIpc) is 2.70. The molecular formula is C18H16F12I2O4. The third-order valence-electron chi connectivity index (χ3n) is 4.61. The van der Waals surface area contributed by atoms with Crippen LogP contribution in [0.25, 0.3) is 0 Å². The standard InChI is InChI=1S/C18H16F12I2O4/c19-15(20,21)13(16(22,23)24,35-7-11(33)5-31)9-2-1-3-10(4-9)14(17(25,26)27,18(28,29)30)36-8-12(34)6-32/h1-4,11-12,33-34H,5-8H2. The molecule has 0 amide bonds. The van der Waals surface area contributed by atoms with E-state index in [-0.39, 0.29) is 18.2 Å². The van der Waals surface area contributed by atoms with Crippen LogP contribution in [-0.2, 0) is 20.7 Å². The number of aliphatic hydroxyl groups excluding tert-OH is 2. The van der Waals surface area contributed by atoms with Crippen LogP contribution < -0.4 is 0 Å². The highest BCUT2D eigenvalue weighted by atomic mass is 127. The average molecular weight is 778 g/mol. The predicted molar refractivity (Wildman–Crippen MR) is 116 cm³/mol. The van der Waals surface area contributed by atoms with E-state index in [0.717, 1.165) is 0 Å². The van der Waals surface area contributed by atoms with Crippen LogP contribution in [0, 0.1) is 0 Å². The summed E-state index contributed by atoms with van der Waals surface area (Å²) in [5.41, 5.74) is -15.2. The Morgan fingerprint density at radius 3 is 1.11 bits per heavy atom. The third-order valence-corrected chi connectivity index (χ3v) is 6.65. The molecule has 0 aliphatic rings. The number of alkyl halides is 14. The first-order valence-corrected chi connectivity index (χ1v) is 12.3. The van der Waals surface area contributed by atoms with Gasteiger partial charge < -0.3 is 19.7 Å². The number of aliphatic hydroxyl groups is 2. The molecule has 0 spiro atoms. The number of hydrogen-bond donors (Lipinski definition) is 2. The van der Waals surface area contributed by atoms with Crippen molar-refractivity contribution in [3.05, 3.63) is 35.4 Å². The first-order chi connectivity index (χ1) is 16.1. The fraction of sp³-hybridized carbons (Fsp3) is 0.667. The monoisotopic (exact) mass is 778 g/mol. The highest BCUT2D eigenvalue weighted by Gasteiger charge is 2.76. The second kappa shape index (κ2) is 11.8. The molecule has 1 aromatic carbocycles. The van der Waals surface area contributed by atoms with Crippen LogP contribution in [0.4, 0.5) is 52.7 Å². The van der Waals surface area contributed by atoms with E-state index in [9.17, 15) is 62.9 Å². The van der Waals surface area contributed by atoms with Crippen LogP contribution in [0.15, 0.2) is 24.3 Å². The summed E-state index contributed by atoms with van der Waals surface area (Å²) in [4.78, 5) is 0. The second-order valence-corrected chi connectivity index (χ2v) is 8.93. The zero-order valence-electron chi connectivity index (χ0n) is 17.3. The molecule has 210 valence electrons. The van der Waals surface area contributed by atoms with Crippen LogP contribution >= 0.6 is 45.2 Å². The van der Waals surface area contributed by atoms with Crippen molar-refractivity contribution in [3.8, 4) is 0 Å². The minimum Gasteiger partial charge on any atom is -0.390 e. The molecule has 1 rings (SSSR count). The molecular weight excluding hydrogens is 762 g/mol. The van der Waals surface area contributed by atoms with Gasteiger partial charge in [-0.2, -0.15) is 52.7 Å². The molecule has 0 aliphatic carbocycles. The molecule has 0 aliphatic heterocycles. The lowest BCUT2D eigenvalue weighted by molar-refractivity contribution is -0.393. The minimum absolute atomic E-state index is 0.0158. The molecule has 0 saturated carbocycles. The molecule has 18 heteroatoms. The van der Waals surface area contributed by atoms with Crippen molar-refractivity contribution in [3.63, 3.8) is 0 Å². The van der Waals surface area contributed by atoms with Crippen LogP contribution in [0.2, 0.25) is 0 Å². The second-order valence-electron chi connectivity index (χ2n) is 7.17. The van der Waals surface area contributed by atoms with Crippen molar-refractivity contribution in [2.45, 2.75) is 48.1 Å². The Morgan fingerprint density at radius 1 is 0.611 bits per heavy atom. The van der Waals surface area contributed by atoms with E-state index in [4.69, 9.17) is 0 Å². The van der Waals surface area contributed by atoms with Crippen LogP contribution in [0.5, 0.6) is 0 Å². The summed E-state index contributed by atoms with van der Waals surface area (Å²) in [5, 5.41) is 18.9. The van der Waals surface area contributed by atoms with Gasteiger partial charge in [0.15, 0.2) is 0 Å². The molecule has 4 nitrogen and oxygen atoms in total. The largest absolute Gasteiger partial charge is 0.430 e. The van der Waals surface area contributed by atoms with Gasteiger partial charge in [0.1, 0.15) is 0 Å². The van der Waals surface area contributed by atoms with Crippen LogP contribution in [0.1, 0.15) is 11.1 Å². The quantitative estimate of drug-likeness (QED) is 0.175. The number of benzene rings is 1. The lowest BCUT2D eigenvalue weighted by Gasteiger charge is -2.40. The predicted octanol–water partition coefficient (Wildman–Crippen LogP) is 5.95. The molecule has 0 bridgehead atoms. The number of ether oxygens (including phenoxy) is 2. The van der Waals surface area contributed by atoms with Crippen molar-refractivity contribution in [2.75, 3.05) is 22.1 Å². The van der Waals surface area contributed by atoms with Crippen molar-refractivity contribution < 1.29 is 72.4 Å². The van der Waals surface area contributed by atoms with Gasteiger partial charge in [0.2, 0.25) is 0 Å². The summed E-state index contributed by atoms with van der Waals surface area (Å²) in [6.45, 7) is -3.23. The summed E-state index contributed by atoms with van der Waals surface area (Å²) in [7, 11) is 0. The van der Waals surface area contributed by atoms with Crippen LogP contribution in [0.3, 0.4) is 0 Å². The normalized spacial score (nSPS) is 16.2. The van der Waals surface area contributed by atoms with E-state index in [1.54, 1.807) is 0 Å². The highest BCUT2D eigenvalue weighted by molar-refractivity contribution is 14.1. The third kappa shape index (κ3) is 6.63. The maximum absolute atomic E-state index is 13.9. The van der Waals surface area contributed by atoms with Crippen LogP contribution in [-0.4, -0.2) is 69.2 Å². The SMILES string of the molecule is OC(CI)COC(c1cccc(C(OCC(O)CI)(C(F)(F)F)C(F)(F)F)c1)(C(F)(F)F)C(F)(F)F. The Bertz CT molecular complexity index is 761. The van der Waals surface area contributed by atoms with Crippen molar-refractivity contribution in [2.24, 2.45) is 0 Å². The summed E-state index contributed by atoms with van der Waals surface area (Å²) in [6, 6.07) is -0.537. The zero-order chi connectivity index (χ0) is 28.4. The smallest absolute Gasteiger partial charge is 0.390 e. The molecule has 2 unspecified atom stereocenters. The molecule has 0 aromatic heterocycles. The van der Waals surface area contributed by atoms with Crippen molar-refractivity contribution >= 4 is 45.2 Å². The van der Waals surface area contributed by atoms with E-state index in [2.05, 4.69) is 9.47 Å². The van der Waals surface area contributed by atoms with Gasteiger partial charge in [-0.05, 0) is 6.07 Å². The topological polar surface area (TPSA) is 58.9 Å². The highest BCUT2D eigenvalue weighted by Crippen LogP contribution is 2.56. The maximum Gasteiger partial charge on any atom is 0.430 e. The summed E-state index contributed by atoms with van der Waals surface area (Å²) < 4.78 is 174. The summed E-state index contributed by atoms with van der Waals surface area (Å²) >= 11 is 2.78. The van der Waals surface area contributed by atoms with Gasteiger partial charge in [0, 0.05) is 20.0 Å². The molecule has 2 atom stereocenters. The van der Waals surface area contributed by atoms with Gasteiger partial charge >= 0.3 is 24.7 Å². The summed E-state index contributed by atoms with van der Waals surface area (Å²) in [5.74, 6) is 0. The molecule has 0 heterocycles. The summed E-state index contributed by atoms with van der Waals surface area (Å²) in [6.07, 6.45) is -29.6. The Hall–Kier alpha value is -0.320. The lowest BCUT2D eigenvalue weighted by Crippen LogP contribution is -2.58. The van der Waals surface area contributed by atoms with Gasteiger partial charge in [-0.1, -0.05) is 63.4 Å². The number of rotatable bonds is 10. The van der Waals surface area contributed by atoms with Gasteiger partial charge in [0.25, 0.3) is 11.2 Å². The number of halogens is 14. The van der Waals surface area contributed by atoms with E-state index < -0.39 is 87.4 Å². The Morgan fingerprint density at radius 2 is 0.889 bits per heavy atom. The maximum atomic E-state index is 13.9. The van der Waals surface area contributed by atoms with E-state index in [0.29, 0.717) is 0 Å². The van der Waals surface area contributed by atoms with E-state index in [1.165, 1.54) is 45.2 Å². The fourth-order valence-electron chi connectivity index (χ4n) is 2.96. The Labute approximate surface area is 222 Å². The van der Waals surface area contributed by atoms with Gasteiger partial charge in [0.05, 0.1) is 25.4 Å². The van der Waals surface area contributed by atoms with Gasteiger partial charge in [-0.15, -0.1) is 0 Å². The molecule has 0 saturated heterocycles. The van der Waals surface area contributed by atoms with E-state index in [1.807, 2.05) is 0 Å². The number of hydrogen-bond acceptors (Lipinski definition) is 4. The molecule has 1 aromatic rings. The fourth-order valence-corrected chi connectivity index (χ4v) is 3.47. The first kappa shape index (κ1) is 33.7. The van der Waals surface area contributed by atoms with E-state index >= 15 is 0 Å². The lowest BCUT2D eigenvalue weighted by atomic mass is 9.85. The Balaban J connectivity index is 4.01. The van der Waals surface area contributed by atoms with Gasteiger partial charge in [-0.3, -0.25) is 0 Å². The molecule has 2 N–H and O–H groups in total. The molecule has 0 fully saturated rings.